The highest BCUT2D eigenvalue weighted by Crippen LogP contribution is 2.29. The van der Waals surface area contributed by atoms with E-state index in [1.165, 1.54) is 0 Å². The number of ketones is 1. The minimum absolute atomic E-state index is 0.0527. The van der Waals surface area contributed by atoms with Crippen molar-refractivity contribution in [2.75, 3.05) is 6.54 Å². The van der Waals surface area contributed by atoms with Gasteiger partial charge in [-0.15, -0.1) is 11.3 Å². The van der Waals surface area contributed by atoms with Crippen molar-refractivity contribution < 1.29 is 13.6 Å². The van der Waals surface area contributed by atoms with Crippen LogP contribution in [0.1, 0.15) is 11.4 Å². The molecule has 98 valence electrons. The van der Waals surface area contributed by atoms with Crippen LogP contribution in [0.5, 0.6) is 0 Å². The van der Waals surface area contributed by atoms with Gasteiger partial charge in [-0.2, -0.15) is 0 Å². The van der Waals surface area contributed by atoms with Crippen molar-refractivity contribution in [2.24, 2.45) is 10.9 Å². The van der Waals surface area contributed by atoms with Crippen LogP contribution in [0.4, 0.5) is 8.78 Å². The summed E-state index contributed by atoms with van der Waals surface area (Å²) in [5.74, 6) is -1.13. The first-order valence-corrected chi connectivity index (χ1v) is 6.71. The van der Waals surface area contributed by atoms with Crippen molar-refractivity contribution in [2.45, 2.75) is 12.8 Å². The fraction of sp³-hybridized carbons (Fsp3) is 0.308. The van der Waals surface area contributed by atoms with Gasteiger partial charge in [0.05, 0.1) is 16.3 Å². The number of fused-ring (bicyclic) bond motifs is 1. The fourth-order valence-electron chi connectivity index (χ4n) is 2.10. The number of Topliss-reactive ketones (excluding diaryl/α,β-unsaturated/α-hetero) is 1. The zero-order valence-electron chi connectivity index (χ0n) is 9.90. The Morgan fingerprint density at radius 2 is 2.11 bits per heavy atom. The van der Waals surface area contributed by atoms with Gasteiger partial charge in [0.1, 0.15) is 11.3 Å². The third-order valence-electron chi connectivity index (χ3n) is 3.13. The van der Waals surface area contributed by atoms with Crippen LogP contribution in [0.15, 0.2) is 17.1 Å². The van der Waals surface area contributed by atoms with Gasteiger partial charge in [0.2, 0.25) is 0 Å². The molecule has 6 heteroatoms. The molecule has 0 aliphatic carbocycles. The van der Waals surface area contributed by atoms with Gasteiger partial charge in [0, 0.05) is 12.3 Å². The summed E-state index contributed by atoms with van der Waals surface area (Å²) in [6.07, 6.45) is 2.71. The highest BCUT2D eigenvalue weighted by molar-refractivity contribution is 7.18. The van der Waals surface area contributed by atoms with Crippen molar-refractivity contribution in [3.05, 3.63) is 28.8 Å². The average molecular weight is 280 g/mol. The quantitative estimate of drug-likeness (QED) is 0.849. The molecule has 0 N–H and O–H groups in total. The lowest BCUT2D eigenvalue weighted by Crippen LogP contribution is -2.23. The monoisotopic (exact) mass is 280 g/mol. The topological polar surface area (TPSA) is 42.3 Å². The molecule has 19 heavy (non-hydrogen) atoms. The van der Waals surface area contributed by atoms with Crippen molar-refractivity contribution in [1.29, 1.82) is 0 Å². The number of hydrogen-bond donors (Lipinski definition) is 0. The van der Waals surface area contributed by atoms with E-state index in [1.54, 1.807) is 6.21 Å². The smallest absolute Gasteiger partial charge is 0.158 e. The predicted octanol–water partition coefficient (Wildman–Crippen LogP) is 2.78. The lowest BCUT2D eigenvalue weighted by molar-refractivity contribution is -0.121. The van der Waals surface area contributed by atoms with Gasteiger partial charge in [0.25, 0.3) is 0 Å². The molecule has 2 aromatic rings. The predicted molar refractivity (Wildman–Crippen MR) is 69.7 cm³/mol. The Morgan fingerprint density at radius 1 is 1.32 bits per heavy atom. The Balaban J connectivity index is 1.94. The Labute approximate surface area is 112 Å². The molecular formula is C13H10F2N2OS. The summed E-state index contributed by atoms with van der Waals surface area (Å²) in [7, 11) is 0. The second kappa shape index (κ2) is 4.77. The molecule has 0 amide bonds. The molecule has 2 heterocycles. The SMILES string of the molecule is O=C1CN=CCC1Cc1nc2c(F)ccc(F)c2s1. The number of thiazole rings is 1. The number of rotatable bonds is 2. The van der Waals surface area contributed by atoms with E-state index in [2.05, 4.69) is 9.98 Å². The van der Waals surface area contributed by atoms with Gasteiger partial charge in [-0.05, 0) is 24.8 Å². The molecule has 0 radical (unpaired) electrons. The summed E-state index contributed by atoms with van der Waals surface area (Å²) in [5, 5.41) is 0.590. The molecule has 0 spiro atoms. The first-order chi connectivity index (χ1) is 9.15. The number of nitrogens with zero attached hydrogens (tertiary/aromatic N) is 2. The highest BCUT2D eigenvalue weighted by Gasteiger charge is 2.22. The maximum atomic E-state index is 13.6. The minimum Gasteiger partial charge on any atom is -0.297 e. The standard InChI is InChI=1S/C13H10F2N2OS/c14-8-1-2-9(15)13-12(8)17-11(19-13)5-7-3-4-16-6-10(7)18/h1-2,4,7H,3,5-6H2. The van der Waals surface area contributed by atoms with Crippen LogP contribution >= 0.6 is 11.3 Å². The maximum absolute atomic E-state index is 13.6. The van der Waals surface area contributed by atoms with Gasteiger partial charge >= 0.3 is 0 Å². The molecule has 0 fully saturated rings. The summed E-state index contributed by atoms with van der Waals surface area (Å²) in [6, 6.07) is 2.16. The lowest BCUT2D eigenvalue weighted by Gasteiger charge is -2.13. The Kier molecular flexibility index (Phi) is 3.10. The number of aliphatic imine (C=N–C) groups is 1. The number of hydrogen-bond acceptors (Lipinski definition) is 4. The largest absolute Gasteiger partial charge is 0.297 e. The van der Waals surface area contributed by atoms with Gasteiger partial charge in [-0.25, -0.2) is 13.8 Å². The van der Waals surface area contributed by atoms with Crippen molar-refractivity contribution in [1.82, 2.24) is 4.98 Å². The van der Waals surface area contributed by atoms with Gasteiger partial charge < -0.3 is 0 Å². The molecule has 1 aliphatic heterocycles. The molecule has 3 rings (SSSR count). The Bertz CT molecular complexity index is 642. The first-order valence-electron chi connectivity index (χ1n) is 5.89. The van der Waals surface area contributed by atoms with Crippen molar-refractivity contribution in [3.63, 3.8) is 0 Å². The van der Waals surface area contributed by atoms with Crippen LogP contribution in [0.25, 0.3) is 10.2 Å². The molecular weight excluding hydrogens is 270 g/mol. The van der Waals surface area contributed by atoms with Crippen molar-refractivity contribution >= 4 is 33.6 Å². The molecule has 1 aromatic heterocycles. The second-order valence-electron chi connectivity index (χ2n) is 4.44. The number of benzene rings is 1. The van der Waals surface area contributed by atoms with Crippen LogP contribution in [0.2, 0.25) is 0 Å². The van der Waals surface area contributed by atoms with Crippen LogP contribution in [-0.4, -0.2) is 23.5 Å². The zero-order chi connectivity index (χ0) is 13.4. The van der Waals surface area contributed by atoms with Crippen LogP contribution in [-0.2, 0) is 11.2 Å². The second-order valence-corrected chi connectivity index (χ2v) is 5.52. The van der Waals surface area contributed by atoms with Gasteiger partial charge in [0.15, 0.2) is 11.6 Å². The molecule has 1 aliphatic rings. The van der Waals surface area contributed by atoms with E-state index in [1.807, 2.05) is 0 Å². The molecule has 1 atom stereocenters. The summed E-state index contributed by atoms with van der Waals surface area (Å²) < 4.78 is 27.3. The van der Waals surface area contributed by atoms with Crippen molar-refractivity contribution in [3.8, 4) is 0 Å². The molecule has 3 nitrogen and oxygen atoms in total. The number of carbonyl (C=O) groups excluding carboxylic acids is 1. The molecule has 1 aromatic carbocycles. The average Bonchev–Trinajstić information content (AvgIpc) is 2.82. The van der Waals surface area contributed by atoms with E-state index in [-0.39, 0.29) is 28.5 Å². The van der Waals surface area contributed by atoms with E-state index in [0.29, 0.717) is 17.8 Å². The third-order valence-corrected chi connectivity index (χ3v) is 4.22. The molecule has 1 unspecified atom stereocenters. The van der Waals surface area contributed by atoms with E-state index in [9.17, 15) is 13.6 Å². The summed E-state index contributed by atoms with van der Waals surface area (Å²) in [4.78, 5) is 19.7. The van der Waals surface area contributed by atoms with Crippen LogP contribution < -0.4 is 0 Å². The maximum Gasteiger partial charge on any atom is 0.158 e. The van der Waals surface area contributed by atoms with E-state index < -0.39 is 11.6 Å². The van der Waals surface area contributed by atoms with Crippen LogP contribution in [0, 0.1) is 17.6 Å². The minimum atomic E-state index is -0.532. The summed E-state index contributed by atoms with van der Waals surface area (Å²) >= 11 is 1.11. The normalized spacial score (nSPS) is 19.3. The van der Waals surface area contributed by atoms with Gasteiger partial charge in [-0.1, -0.05) is 0 Å². The molecule has 0 saturated heterocycles. The molecule has 0 bridgehead atoms. The lowest BCUT2D eigenvalue weighted by atomic mass is 9.95. The third kappa shape index (κ3) is 2.28. The van der Waals surface area contributed by atoms with Crippen LogP contribution in [0.3, 0.4) is 0 Å². The van der Waals surface area contributed by atoms with E-state index in [0.717, 1.165) is 23.5 Å². The Morgan fingerprint density at radius 3 is 2.84 bits per heavy atom. The highest BCUT2D eigenvalue weighted by atomic mass is 32.1. The number of halogens is 2. The van der Waals surface area contributed by atoms with Gasteiger partial charge in [-0.3, -0.25) is 9.79 Å². The summed E-state index contributed by atoms with van der Waals surface area (Å²) in [5.41, 5.74) is 0.0527. The fourth-order valence-corrected chi connectivity index (χ4v) is 3.16. The molecule has 0 saturated carbocycles. The Hall–Kier alpha value is -1.69. The van der Waals surface area contributed by atoms with E-state index in [4.69, 9.17) is 0 Å². The number of carbonyl (C=O) groups is 1. The number of aromatic nitrogens is 1. The first kappa shape index (κ1) is 12.3. The van der Waals surface area contributed by atoms with E-state index >= 15 is 0 Å². The summed E-state index contributed by atoms with van der Waals surface area (Å²) in [6.45, 7) is 0.193. The zero-order valence-corrected chi connectivity index (χ0v) is 10.7.